The molecule has 2 rings (SSSR count). The topological polar surface area (TPSA) is 64.6 Å². The molecule has 1 heterocycles. The second-order valence-corrected chi connectivity index (χ2v) is 6.49. The molecule has 0 spiro atoms. The van der Waals surface area contributed by atoms with Crippen LogP contribution in [-0.4, -0.2) is 72.1 Å². The van der Waals surface area contributed by atoms with Crippen LogP contribution in [0, 0.1) is 5.92 Å². The Morgan fingerprint density at radius 3 is 2.44 bits per heavy atom. The number of hydrogen-bond donors (Lipinski definition) is 1. The fourth-order valence-electron chi connectivity index (χ4n) is 3.40. The van der Waals surface area contributed by atoms with E-state index < -0.39 is 0 Å². The van der Waals surface area contributed by atoms with Gasteiger partial charge in [-0.25, -0.2) is 0 Å². The fraction of sp³-hybridized carbons (Fsp3) is 0.650. The Hall–Kier alpha value is -2.15. The number of rotatable bonds is 9. The third-order valence-corrected chi connectivity index (χ3v) is 4.83. The first-order valence-electron chi connectivity index (χ1n) is 9.49. The maximum absolute atomic E-state index is 5.56. The van der Waals surface area contributed by atoms with Gasteiger partial charge in [0.1, 0.15) is 17.2 Å². The Morgan fingerprint density at radius 1 is 1.19 bits per heavy atom. The summed E-state index contributed by atoms with van der Waals surface area (Å²) in [5.74, 6) is 3.75. The highest BCUT2D eigenvalue weighted by Gasteiger charge is 2.25. The lowest BCUT2D eigenvalue weighted by Gasteiger charge is -2.22. The van der Waals surface area contributed by atoms with Crippen LogP contribution in [0.5, 0.6) is 17.2 Å². The predicted octanol–water partition coefficient (Wildman–Crippen LogP) is 2.19. The zero-order chi connectivity index (χ0) is 19.6. The zero-order valence-electron chi connectivity index (χ0n) is 17.2. The molecule has 1 N–H and O–H groups in total. The van der Waals surface area contributed by atoms with Gasteiger partial charge in [-0.15, -0.1) is 0 Å². The van der Waals surface area contributed by atoms with Crippen molar-refractivity contribution in [3.63, 3.8) is 0 Å². The maximum Gasteiger partial charge on any atom is 0.193 e. The van der Waals surface area contributed by atoms with Crippen molar-refractivity contribution in [3.8, 4) is 17.2 Å². The predicted molar refractivity (Wildman–Crippen MR) is 107 cm³/mol. The van der Waals surface area contributed by atoms with Crippen LogP contribution < -0.4 is 19.5 Å². The van der Waals surface area contributed by atoms with Gasteiger partial charge in [-0.05, 0) is 19.8 Å². The van der Waals surface area contributed by atoms with E-state index in [1.165, 1.54) is 0 Å². The molecule has 1 aromatic carbocycles. The van der Waals surface area contributed by atoms with Crippen molar-refractivity contribution in [3.05, 3.63) is 17.7 Å². The summed E-state index contributed by atoms with van der Waals surface area (Å²) >= 11 is 0. The van der Waals surface area contributed by atoms with Crippen LogP contribution in [0.25, 0.3) is 0 Å². The Balaban J connectivity index is 1.95. The molecule has 1 fully saturated rings. The number of aliphatic imine (C=N–C) groups is 1. The van der Waals surface area contributed by atoms with Gasteiger partial charge in [0.15, 0.2) is 5.96 Å². The molecule has 27 heavy (non-hydrogen) atoms. The minimum Gasteiger partial charge on any atom is -0.496 e. The van der Waals surface area contributed by atoms with Gasteiger partial charge in [-0.3, -0.25) is 4.99 Å². The lowest BCUT2D eigenvalue weighted by Crippen LogP contribution is -2.41. The summed E-state index contributed by atoms with van der Waals surface area (Å²) < 4.78 is 21.9. The molecule has 7 nitrogen and oxygen atoms in total. The molecule has 7 heteroatoms. The number of methoxy groups -OCH3 is 3. The van der Waals surface area contributed by atoms with E-state index in [-0.39, 0.29) is 0 Å². The third-order valence-electron chi connectivity index (χ3n) is 4.83. The maximum atomic E-state index is 5.56. The third kappa shape index (κ3) is 5.66. The Bertz CT molecular complexity index is 596. The molecule has 0 saturated carbocycles. The smallest absolute Gasteiger partial charge is 0.193 e. The van der Waals surface area contributed by atoms with Crippen molar-refractivity contribution in [1.29, 1.82) is 0 Å². The van der Waals surface area contributed by atoms with E-state index in [1.807, 2.05) is 26.1 Å². The molecule has 0 amide bonds. The van der Waals surface area contributed by atoms with E-state index in [1.54, 1.807) is 21.3 Å². The van der Waals surface area contributed by atoms with Crippen molar-refractivity contribution >= 4 is 5.96 Å². The molecule has 0 bridgehead atoms. The Labute approximate surface area is 162 Å². The Kier molecular flexibility index (Phi) is 8.51. The first-order chi connectivity index (χ1) is 13.2. The first-order valence-corrected chi connectivity index (χ1v) is 9.49. The van der Waals surface area contributed by atoms with E-state index in [0.717, 1.165) is 68.7 Å². The van der Waals surface area contributed by atoms with Gasteiger partial charge in [0.05, 0.1) is 27.9 Å². The molecule has 1 aliphatic heterocycles. The number of hydrogen-bond acceptors (Lipinski definition) is 5. The SMILES string of the molecule is CCOCC1CCN(C(=NC)NCCc2c(OC)cc(OC)cc2OC)C1. The fourth-order valence-corrected chi connectivity index (χ4v) is 3.40. The van der Waals surface area contributed by atoms with Gasteiger partial charge in [-0.1, -0.05) is 0 Å². The number of likely N-dealkylation sites (tertiary alicyclic amines) is 1. The van der Waals surface area contributed by atoms with Crippen LogP contribution in [-0.2, 0) is 11.2 Å². The van der Waals surface area contributed by atoms with Gasteiger partial charge < -0.3 is 29.2 Å². The minimum atomic E-state index is 0.574. The highest BCUT2D eigenvalue weighted by molar-refractivity contribution is 5.80. The summed E-state index contributed by atoms with van der Waals surface area (Å²) in [5, 5.41) is 3.46. The number of nitrogens with one attached hydrogen (secondary N) is 1. The van der Waals surface area contributed by atoms with Gasteiger partial charge in [0, 0.05) is 56.9 Å². The molecular formula is C20H33N3O4. The second kappa shape index (κ2) is 10.9. The minimum absolute atomic E-state index is 0.574. The number of nitrogens with zero attached hydrogens (tertiary/aromatic N) is 2. The molecule has 1 atom stereocenters. The molecule has 0 radical (unpaired) electrons. The van der Waals surface area contributed by atoms with Crippen molar-refractivity contribution < 1.29 is 18.9 Å². The van der Waals surface area contributed by atoms with E-state index in [9.17, 15) is 0 Å². The lowest BCUT2D eigenvalue weighted by molar-refractivity contribution is 0.114. The van der Waals surface area contributed by atoms with E-state index in [2.05, 4.69) is 15.2 Å². The van der Waals surface area contributed by atoms with E-state index in [4.69, 9.17) is 18.9 Å². The van der Waals surface area contributed by atoms with Crippen molar-refractivity contribution in [2.24, 2.45) is 10.9 Å². The molecule has 0 aromatic heterocycles. The molecule has 1 unspecified atom stereocenters. The monoisotopic (exact) mass is 379 g/mol. The largest absolute Gasteiger partial charge is 0.496 e. The zero-order valence-corrected chi connectivity index (χ0v) is 17.2. The molecule has 152 valence electrons. The molecular weight excluding hydrogens is 346 g/mol. The van der Waals surface area contributed by atoms with Gasteiger partial charge in [0.25, 0.3) is 0 Å². The Morgan fingerprint density at radius 2 is 1.89 bits per heavy atom. The highest BCUT2D eigenvalue weighted by atomic mass is 16.5. The molecule has 0 aliphatic carbocycles. The van der Waals surface area contributed by atoms with Crippen LogP contribution in [0.4, 0.5) is 0 Å². The van der Waals surface area contributed by atoms with Crippen molar-refractivity contribution in [2.75, 3.05) is 61.2 Å². The summed E-state index contributed by atoms with van der Waals surface area (Å²) in [7, 11) is 6.78. The average Bonchev–Trinajstić information content (AvgIpc) is 3.17. The molecule has 1 aliphatic rings. The summed E-state index contributed by atoms with van der Waals surface area (Å²) in [6.07, 6.45) is 1.90. The normalized spacial score (nSPS) is 17.1. The van der Waals surface area contributed by atoms with Gasteiger partial charge >= 0.3 is 0 Å². The number of benzene rings is 1. The van der Waals surface area contributed by atoms with Gasteiger partial charge in [-0.2, -0.15) is 0 Å². The number of guanidine groups is 1. The van der Waals surface area contributed by atoms with E-state index >= 15 is 0 Å². The summed E-state index contributed by atoms with van der Waals surface area (Å²) in [6.45, 7) is 6.36. The average molecular weight is 380 g/mol. The van der Waals surface area contributed by atoms with E-state index in [0.29, 0.717) is 11.7 Å². The van der Waals surface area contributed by atoms with Crippen LogP contribution in [0.2, 0.25) is 0 Å². The van der Waals surface area contributed by atoms with Crippen LogP contribution in [0.3, 0.4) is 0 Å². The second-order valence-electron chi connectivity index (χ2n) is 6.49. The lowest BCUT2D eigenvalue weighted by atomic mass is 10.1. The standard InChI is InChI=1S/C20H33N3O4/c1-6-27-14-15-8-10-23(13-15)20(21-2)22-9-7-17-18(25-4)11-16(24-3)12-19(17)26-5/h11-12,15H,6-10,13-14H2,1-5H3,(H,21,22). The summed E-state index contributed by atoms with van der Waals surface area (Å²) in [6, 6.07) is 3.76. The molecule has 1 aromatic rings. The van der Waals surface area contributed by atoms with Crippen LogP contribution in [0.1, 0.15) is 18.9 Å². The highest BCUT2D eigenvalue weighted by Crippen LogP contribution is 2.34. The number of ether oxygens (including phenoxy) is 4. The van der Waals surface area contributed by atoms with Crippen molar-refractivity contribution in [2.45, 2.75) is 19.8 Å². The van der Waals surface area contributed by atoms with Crippen LogP contribution in [0.15, 0.2) is 17.1 Å². The van der Waals surface area contributed by atoms with Gasteiger partial charge in [0.2, 0.25) is 0 Å². The molecule has 1 saturated heterocycles. The summed E-state index contributed by atoms with van der Waals surface area (Å²) in [5.41, 5.74) is 1.01. The summed E-state index contributed by atoms with van der Waals surface area (Å²) in [4.78, 5) is 6.73. The quantitative estimate of drug-likeness (QED) is 0.524. The van der Waals surface area contributed by atoms with Crippen LogP contribution >= 0.6 is 0 Å². The first kappa shape index (κ1) is 21.2. The van der Waals surface area contributed by atoms with Crippen molar-refractivity contribution in [1.82, 2.24) is 10.2 Å².